The topological polar surface area (TPSA) is 49.3 Å². The number of rotatable bonds is 3. The minimum absolute atomic E-state index is 0.00245. The summed E-state index contributed by atoms with van der Waals surface area (Å²) in [7, 11) is 0. The lowest BCUT2D eigenvalue weighted by molar-refractivity contribution is -0.120. The molecule has 1 fully saturated rings. The third-order valence-electron chi connectivity index (χ3n) is 4.48. The second-order valence-corrected chi connectivity index (χ2v) is 6.16. The molecule has 0 saturated carbocycles. The van der Waals surface area contributed by atoms with Crippen molar-refractivity contribution in [3.05, 3.63) is 70.8 Å². The highest BCUT2D eigenvalue weighted by Crippen LogP contribution is 2.37. The molecule has 0 aromatic heterocycles. The number of carbonyl (C=O) groups excluding carboxylic acids is 1. The highest BCUT2D eigenvalue weighted by molar-refractivity contribution is 5.79. The summed E-state index contributed by atoms with van der Waals surface area (Å²) in [6.45, 7) is 4.04. The Hall–Kier alpha value is -2.13. The predicted octanol–water partition coefficient (Wildman–Crippen LogP) is 2.82. The van der Waals surface area contributed by atoms with Crippen LogP contribution < -0.4 is 5.32 Å². The minimum atomic E-state index is -1.20. The summed E-state index contributed by atoms with van der Waals surface area (Å²) in [6.07, 6.45) is 1.10. The maximum atomic E-state index is 11.6. The smallest absolute Gasteiger partial charge is 0.220 e. The molecular weight excluding hydrogens is 274 g/mol. The van der Waals surface area contributed by atoms with E-state index in [1.165, 1.54) is 0 Å². The fraction of sp³-hybridized carbons (Fsp3) is 0.316. The molecule has 114 valence electrons. The van der Waals surface area contributed by atoms with Gasteiger partial charge in [0.15, 0.2) is 0 Å². The van der Waals surface area contributed by atoms with E-state index < -0.39 is 5.60 Å². The summed E-state index contributed by atoms with van der Waals surface area (Å²) in [6, 6.07) is 15.4. The van der Waals surface area contributed by atoms with Crippen LogP contribution in [0, 0.1) is 13.8 Å². The lowest BCUT2D eigenvalue weighted by Crippen LogP contribution is -2.47. The number of aliphatic hydroxyl groups is 1. The molecule has 3 heteroatoms. The standard InChI is InChI=1S/C19H21NO2/c1-13-3-7-15(8-4-13)19(22,17-11-12-18(21)20-17)16-9-5-14(2)6-10-16/h3-10,17,22H,11-12H2,1-2H3,(H,20,21)/t17-/m1/s1. The number of aryl methyl sites for hydroxylation is 2. The Kier molecular flexibility index (Phi) is 3.75. The largest absolute Gasteiger partial charge is 0.378 e. The van der Waals surface area contributed by atoms with Crippen LogP contribution in [0.5, 0.6) is 0 Å². The van der Waals surface area contributed by atoms with E-state index in [0.29, 0.717) is 12.8 Å². The van der Waals surface area contributed by atoms with Gasteiger partial charge in [-0.25, -0.2) is 0 Å². The summed E-state index contributed by atoms with van der Waals surface area (Å²) in [5.74, 6) is 0.00245. The van der Waals surface area contributed by atoms with Gasteiger partial charge in [0.2, 0.25) is 5.91 Å². The van der Waals surface area contributed by atoms with Gasteiger partial charge in [-0.1, -0.05) is 59.7 Å². The van der Waals surface area contributed by atoms with E-state index in [0.717, 1.165) is 22.3 Å². The van der Waals surface area contributed by atoms with Gasteiger partial charge in [0, 0.05) is 6.42 Å². The van der Waals surface area contributed by atoms with Crippen LogP contribution >= 0.6 is 0 Å². The lowest BCUT2D eigenvalue weighted by atomic mass is 9.79. The van der Waals surface area contributed by atoms with Crippen LogP contribution in [-0.2, 0) is 10.4 Å². The van der Waals surface area contributed by atoms with Crippen molar-refractivity contribution in [3.8, 4) is 0 Å². The summed E-state index contributed by atoms with van der Waals surface area (Å²) in [5.41, 5.74) is 2.72. The first-order valence-corrected chi connectivity index (χ1v) is 7.66. The van der Waals surface area contributed by atoms with E-state index in [2.05, 4.69) is 5.32 Å². The van der Waals surface area contributed by atoms with Crippen LogP contribution in [0.15, 0.2) is 48.5 Å². The lowest BCUT2D eigenvalue weighted by Gasteiger charge is -2.35. The third kappa shape index (κ3) is 2.53. The molecule has 2 aromatic rings. The quantitative estimate of drug-likeness (QED) is 0.915. The summed E-state index contributed by atoms with van der Waals surface area (Å²) < 4.78 is 0. The van der Waals surface area contributed by atoms with E-state index in [-0.39, 0.29) is 11.9 Å². The predicted molar refractivity (Wildman–Crippen MR) is 86.5 cm³/mol. The molecule has 2 N–H and O–H groups in total. The maximum Gasteiger partial charge on any atom is 0.220 e. The number of carbonyl (C=O) groups is 1. The molecule has 0 bridgehead atoms. The summed E-state index contributed by atoms with van der Waals surface area (Å²) in [4.78, 5) is 11.6. The highest BCUT2D eigenvalue weighted by Gasteiger charge is 2.43. The number of hydrogen-bond acceptors (Lipinski definition) is 2. The Morgan fingerprint density at radius 2 is 1.41 bits per heavy atom. The maximum absolute atomic E-state index is 11.6. The number of benzene rings is 2. The summed E-state index contributed by atoms with van der Waals surface area (Å²) in [5, 5.41) is 14.5. The number of hydrogen-bond donors (Lipinski definition) is 2. The Morgan fingerprint density at radius 3 is 1.77 bits per heavy atom. The van der Waals surface area contributed by atoms with Gasteiger partial charge >= 0.3 is 0 Å². The van der Waals surface area contributed by atoms with Gasteiger partial charge in [-0.2, -0.15) is 0 Å². The first kappa shape index (κ1) is 14.8. The van der Waals surface area contributed by atoms with Crippen LogP contribution in [0.25, 0.3) is 0 Å². The van der Waals surface area contributed by atoms with Gasteiger partial charge in [-0.3, -0.25) is 4.79 Å². The second-order valence-electron chi connectivity index (χ2n) is 6.16. The Morgan fingerprint density at radius 1 is 0.955 bits per heavy atom. The van der Waals surface area contributed by atoms with Crippen molar-refractivity contribution >= 4 is 5.91 Å². The molecule has 1 heterocycles. The van der Waals surface area contributed by atoms with Crippen molar-refractivity contribution in [1.29, 1.82) is 0 Å². The average Bonchev–Trinajstić information content (AvgIpc) is 2.95. The van der Waals surface area contributed by atoms with Crippen LogP contribution in [0.1, 0.15) is 35.1 Å². The normalized spacial score (nSPS) is 18.3. The first-order valence-electron chi connectivity index (χ1n) is 7.66. The molecule has 1 amide bonds. The van der Waals surface area contributed by atoms with Crippen molar-refractivity contribution in [2.75, 3.05) is 0 Å². The van der Waals surface area contributed by atoms with Gasteiger partial charge in [-0.15, -0.1) is 0 Å². The zero-order valence-electron chi connectivity index (χ0n) is 13.0. The molecule has 2 aromatic carbocycles. The number of nitrogens with one attached hydrogen (secondary N) is 1. The third-order valence-corrected chi connectivity index (χ3v) is 4.48. The van der Waals surface area contributed by atoms with Crippen LogP contribution in [0.3, 0.4) is 0 Å². The van der Waals surface area contributed by atoms with E-state index in [1.54, 1.807) is 0 Å². The molecule has 0 unspecified atom stereocenters. The zero-order chi connectivity index (χ0) is 15.7. The SMILES string of the molecule is Cc1ccc(C(O)(c2ccc(C)cc2)[C@H]2CCC(=O)N2)cc1. The molecule has 1 aliphatic rings. The molecule has 1 atom stereocenters. The van der Waals surface area contributed by atoms with Crippen molar-refractivity contribution in [2.45, 2.75) is 38.3 Å². The van der Waals surface area contributed by atoms with Crippen molar-refractivity contribution in [1.82, 2.24) is 5.32 Å². The first-order chi connectivity index (χ1) is 10.5. The Labute approximate surface area is 131 Å². The van der Waals surface area contributed by atoms with Crippen molar-refractivity contribution in [2.24, 2.45) is 0 Å². The summed E-state index contributed by atoms with van der Waals surface area (Å²) >= 11 is 0. The van der Waals surface area contributed by atoms with Gasteiger partial charge in [0.05, 0.1) is 6.04 Å². The van der Waals surface area contributed by atoms with Gasteiger partial charge in [-0.05, 0) is 31.4 Å². The van der Waals surface area contributed by atoms with Gasteiger partial charge in [0.25, 0.3) is 0 Å². The van der Waals surface area contributed by atoms with E-state index in [9.17, 15) is 9.90 Å². The minimum Gasteiger partial charge on any atom is -0.378 e. The Balaban J connectivity index is 2.10. The fourth-order valence-electron chi connectivity index (χ4n) is 3.11. The van der Waals surface area contributed by atoms with E-state index in [1.807, 2.05) is 62.4 Å². The van der Waals surface area contributed by atoms with Crippen LogP contribution in [-0.4, -0.2) is 17.1 Å². The van der Waals surface area contributed by atoms with E-state index >= 15 is 0 Å². The number of amides is 1. The molecule has 1 aliphatic heterocycles. The molecule has 3 nitrogen and oxygen atoms in total. The molecule has 0 aliphatic carbocycles. The molecule has 0 radical (unpaired) electrons. The van der Waals surface area contributed by atoms with Crippen molar-refractivity contribution in [3.63, 3.8) is 0 Å². The molecule has 3 rings (SSSR count). The van der Waals surface area contributed by atoms with Crippen LogP contribution in [0.2, 0.25) is 0 Å². The molecule has 22 heavy (non-hydrogen) atoms. The highest BCUT2D eigenvalue weighted by atomic mass is 16.3. The van der Waals surface area contributed by atoms with Gasteiger partial charge < -0.3 is 10.4 Å². The monoisotopic (exact) mass is 295 g/mol. The molecule has 1 saturated heterocycles. The van der Waals surface area contributed by atoms with Crippen molar-refractivity contribution < 1.29 is 9.90 Å². The zero-order valence-corrected chi connectivity index (χ0v) is 13.0. The fourth-order valence-corrected chi connectivity index (χ4v) is 3.11. The van der Waals surface area contributed by atoms with Gasteiger partial charge in [0.1, 0.15) is 5.60 Å². The average molecular weight is 295 g/mol. The molecular formula is C19H21NO2. The second kappa shape index (κ2) is 5.58. The van der Waals surface area contributed by atoms with E-state index in [4.69, 9.17) is 0 Å². The Bertz CT molecular complexity index is 628. The molecule has 0 spiro atoms. The van der Waals surface area contributed by atoms with Crippen LogP contribution in [0.4, 0.5) is 0 Å².